The van der Waals surface area contributed by atoms with Gasteiger partial charge in [-0.05, 0) is 25.5 Å². The normalized spacial score (nSPS) is 12.4. The van der Waals surface area contributed by atoms with Crippen LogP contribution in [0, 0.1) is 0 Å². The lowest BCUT2D eigenvalue weighted by Gasteiger charge is -2.20. The second kappa shape index (κ2) is 7.43. The van der Waals surface area contributed by atoms with Gasteiger partial charge in [-0.2, -0.15) is 5.10 Å². The Labute approximate surface area is 130 Å². The van der Waals surface area contributed by atoms with Gasteiger partial charge in [0.1, 0.15) is 0 Å². The predicted molar refractivity (Wildman–Crippen MR) is 83.8 cm³/mol. The van der Waals surface area contributed by atoms with Crippen molar-refractivity contribution in [2.75, 3.05) is 13.7 Å². The Morgan fingerprint density at radius 1 is 1.33 bits per heavy atom. The molecule has 2 aromatic rings. The number of halogens is 1. The van der Waals surface area contributed by atoms with Gasteiger partial charge in [0.25, 0.3) is 0 Å². The molecule has 1 N–H and O–H groups in total. The van der Waals surface area contributed by atoms with Crippen LogP contribution in [-0.2, 0) is 13.0 Å². The number of nitrogens with zero attached hydrogens (tertiary/aromatic N) is 3. The van der Waals surface area contributed by atoms with Crippen LogP contribution in [0.2, 0.25) is 5.02 Å². The second-order valence-corrected chi connectivity index (χ2v) is 5.12. The van der Waals surface area contributed by atoms with Crippen LogP contribution in [0.15, 0.2) is 24.5 Å². The highest BCUT2D eigenvalue weighted by atomic mass is 35.5. The molecule has 0 spiro atoms. The minimum atomic E-state index is 0.111. The average molecular weight is 309 g/mol. The molecule has 0 aliphatic carbocycles. The van der Waals surface area contributed by atoms with Gasteiger partial charge in [0, 0.05) is 18.8 Å². The zero-order valence-electron chi connectivity index (χ0n) is 12.6. The molecular formula is C15H21ClN4O. The molecule has 2 aromatic heterocycles. The number of nitrogens with one attached hydrogen (secondary N) is 1. The summed E-state index contributed by atoms with van der Waals surface area (Å²) in [7, 11) is 1.61. The Kier molecular flexibility index (Phi) is 5.59. The molecular weight excluding hydrogens is 288 g/mol. The van der Waals surface area contributed by atoms with Gasteiger partial charge in [-0.3, -0.25) is 4.68 Å². The number of rotatable bonds is 7. The fourth-order valence-corrected chi connectivity index (χ4v) is 2.64. The maximum Gasteiger partial charge on any atom is 0.212 e. The summed E-state index contributed by atoms with van der Waals surface area (Å²) in [6.07, 6.45) is 4.34. The highest BCUT2D eigenvalue weighted by molar-refractivity contribution is 6.31. The van der Waals surface area contributed by atoms with Crippen LogP contribution in [0.25, 0.3) is 0 Å². The number of hydrogen-bond acceptors (Lipinski definition) is 4. The van der Waals surface area contributed by atoms with Gasteiger partial charge in [-0.15, -0.1) is 0 Å². The molecule has 0 saturated carbocycles. The summed E-state index contributed by atoms with van der Waals surface area (Å²) in [6, 6.07) is 4.01. The van der Waals surface area contributed by atoms with Crippen LogP contribution in [-0.4, -0.2) is 28.4 Å². The van der Waals surface area contributed by atoms with Gasteiger partial charge < -0.3 is 10.1 Å². The summed E-state index contributed by atoms with van der Waals surface area (Å²) in [4.78, 5) is 4.25. The molecule has 114 valence electrons. The third-order valence-corrected chi connectivity index (χ3v) is 3.65. The molecule has 0 bridgehead atoms. The van der Waals surface area contributed by atoms with Crippen molar-refractivity contribution < 1.29 is 4.74 Å². The summed E-state index contributed by atoms with van der Waals surface area (Å²) >= 11 is 6.31. The van der Waals surface area contributed by atoms with Crippen molar-refractivity contribution in [1.29, 1.82) is 0 Å². The third-order valence-electron chi connectivity index (χ3n) is 3.36. The molecule has 5 nitrogen and oxygen atoms in total. The molecule has 0 amide bonds. The van der Waals surface area contributed by atoms with E-state index in [1.165, 1.54) is 0 Å². The van der Waals surface area contributed by atoms with Crippen molar-refractivity contribution in [2.45, 2.75) is 32.9 Å². The van der Waals surface area contributed by atoms with E-state index in [0.29, 0.717) is 10.9 Å². The van der Waals surface area contributed by atoms with Crippen molar-refractivity contribution in [2.24, 2.45) is 0 Å². The van der Waals surface area contributed by atoms with E-state index in [2.05, 4.69) is 29.2 Å². The fourth-order valence-electron chi connectivity index (χ4n) is 2.37. The van der Waals surface area contributed by atoms with E-state index in [1.807, 2.05) is 23.0 Å². The van der Waals surface area contributed by atoms with Gasteiger partial charge in [-0.1, -0.05) is 24.6 Å². The Hall–Kier alpha value is -1.59. The number of hydrogen-bond donors (Lipinski definition) is 1. The van der Waals surface area contributed by atoms with Gasteiger partial charge in [-0.25, -0.2) is 4.98 Å². The first kappa shape index (κ1) is 15.8. The lowest BCUT2D eigenvalue weighted by Crippen LogP contribution is -2.26. The Morgan fingerprint density at radius 3 is 2.71 bits per heavy atom. The monoisotopic (exact) mass is 308 g/mol. The highest BCUT2D eigenvalue weighted by Gasteiger charge is 2.19. The van der Waals surface area contributed by atoms with Crippen LogP contribution in [0.4, 0.5) is 0 Å². The molecule has 0 radical (unpaired) electrons. The largest absolute Gasteiger partial charge is 0.481 e. The lowest BCUT2D eigenvalue weighted by molar-refractivity contribution is 0.397. The molecule has 1 unspecified atom stereocenters. The summed E-state index contributed by atoms with van der Waals surface area (Å²) in [5.41, 5.74) is 2.15. The number of pyridine rings is 1. The van der Waals surface area contributed by atoms with Crippen molar-refractivity contribution in [3.8, 4) is 5.88 Å². The van der Waals surface area contributed by atoms with E-state index in [-0.39, 0.29) is 6.04 Å². The Bertz CT molecular complexity index is 568. The SMILES string of the molecule is CCNC(Cc1ccc(OC)nc1)c1c(Cl)cnn1CC. The number of methoxy groups -OCH3 is 1. The van der Waals surface area contributed by atoms with E-state index in [4.69, 9.17) is 16.3 Å². The van der Waals surface area contributed by atoms with E-state index in [9.17, 15) is 0 Å². The topological polar surface area (TPSA) is 52.0 Å². The van der Waals surface area contributed by atoms with Crippen LogP contribution in [0.3, 0.4) is 0 Å². The molecule has 1 atom stereocenters. The first-order chi connectivity index (χ1) is 10.2. The molecule has 21 heavy (non-hydrogen) atoms. The minimum absolute atomic E-state index is 0.111. The van der Waals surface area contributed by atoms with Gasteiger partial charge in [0.2, 0.25) is 5.88 Å². The lowest BCUT2D eigenvalue weighted by atomic mass is 10.0. The molecule has 6 heteroatoms. The summed E-state index contributed by atoms with van der Waals surface area (Å²) in [6.45, 7) is 5.80. The van der Waals surface area contributed by atoms with E-state index < -0.39 is 0 Å². The zero-order chi connectivity index (χ0) is 15.2. The zero-order valence-corrected chi connectivity index (χ0v) is 13.4. The Morgan fingerprint density at radius 2 is 2.14 bits per heavy atom. The molecule has 0 aromatic carbocycles. The predicted octanol–water partition coefficient (Wildman–Crippen LogP) is 2.85. The first-order valence-electron chi connectivity index (χ1n) is 7.13. The van der Waals surface area contributed by atoms with E-state index in [0.717, 1.165) is 30.8 Å². The Balaban J connectivity index is 2.23. The minimum Gasteiger partial charge on any atom is -0.481 e. The van der Waals surface area contributed by atoms with Crippen molar-refractivity contribution in [3.05, 3.63) is 40.8 Å². The summed E-state index contributed by atoms with van der Waals surface area (Å²) < 4.78 is 7.02. The van der Waals surface area contributed by atoms with Crippen LogP contribution < -0.4 is 10.1 Å². The van der Waals surface area contributed by atoms with Crippen molar-refractivity contribution in [3.63, 3.8) is 0 Å². The molecule has 2 rings (SSSR count). The standard InChI is InChI=1S/C15H21ClN4O/c1-4-17-13(15-12(16)10-19-20(15)5-2)8-11-6-7-14(21-3)18-9-11/h6-7,9-10,13,17H,4-5,8H2,1-3H3. The maximum atomic E-state index is 6.31. The quantitative estimate of drug-likeness (QED) is 0.854. The van der Waals surface area contributed by atoms with Crippen LogP contribution in [0.1, 0.15) is 31.1 Å². The number of ether oxygens (including phenoxy) is 1. The van der Waals surface area contributed by atoms with Crippen LogP contribution in [0.5, 0.6) is 5.88 Å². The molecule has 0 fully saturated rings. The molecule has 0 aliphatic heterocycles. The second-order valence-electron chi connectivity index (χ2n) is 4.72. The highest BCUT2D eigenvalue weighted by Crippen LogP contribution is 2.26. The average Bonchev–Trinajstić information content (AvgIpc) is 2.88. The van der Waals surface area contributed by atoms with Crippen molar-refractivity contribution in [1.82, 2.24) is 20.1 Å². The van der Waals surface area contributed by atoms with Gasteiger partial charge in [0.15, 0.2) is 0 Å². The number of aromatic nitrogens is 3. The summed E-state index contributed by atoms with van der Waals surface area (Å²) in [5.74, 6) is 0.621. The first-order valence-corrected chi connectivity index (χ1v) is 7.50. The molecule has 2 heterocycles. The number of likely N-dealkylation sites (N-methyl/N-ethyl adjacent to an activating group) is 1. The molecule has 0 saturated heterocycles. The van der Waals surface area contributed by atoms with Gasteiger partial charge in [0.05, 0.1) is 30.1 Å². The fraction of sp³-hybridized carbons (Fsp3) is 0.467. The van der Waals surface area contributed by atoms with Gasteiger partial charge >= 0.3 is 0 Å². The van der Waals surface area contributed by atoms with E-state index >= 15 is 0 Å². The number of aryl methyl sites for hydroxylation is 1. The smallest absolute Gasteiger partial charge is 0.212 e. The van der Waals surface area contributed by atoms with Crippen molar-refractivity contribution >= 4 is 11.6 Å². The van der Waals surface area contributed by atoms with Crippen LogP contribution >= 0.6 is 11.6 Å². The van der Waals surface area contributed by atoms with E-state index in [1.54, 1.807) is 13.3 Å². The maximum absolute atomic E-state index is 6.31. The molecule has 0 aliphatic rings. The summed E-state index contributed by atoms with van der Waals surface area (Å²) in [5, 5.41) is 8.49. The third kappa shape index (κ3) is 3.74.